The molecule has 0 atom stereocenters. The van der Waals surface area contributed by atoms with Crippen molar-refractivity contribution in [3.05, 3.63) is 36.4 Å². The third-order valence-corrected chi connectivity index (χ3v) is 2.45. The van der Waals surface area contributed by atoms with Gasteiger partial charge in [-0.2, -0.15) is 5.10 Å². The molecule has 0 saturated carbocycles. The summed E-state index contributed by atoms with van der Waals surface area (Å²) < 4.78 is 1.91. The van der Waals surface area contributed by atoms with Crippen molar-refractivity contribution in [3.8, 4) is 11.3 Å². The summed E-state index contributed by atoms with van der Waals surface area (Å²) in [7, 11) is 1.97. The first-order chi connectivity index (χ1) is 7.96. The van der Waals surface area contributed by atoms with Crippen molar-refractivity contribution >= 4 is 5.82 Å². The van der Waals surface area contributed by atoms with Crippen molar-refractivity contribution in [1.29, 1.82) is 0 Å². The van der Waals surface area contributed by atoms with Crippen LogP contribution < -0.4 is 5.32 Å². The highest BCUT2D eigenvalue weighted by Crippen LogP contribution is 2.23. The number of aromatic nitrogens is 2. The molecule has 0 aliphatic carbocycles. The number of hydrogen-bond donors (Lipinski definition) is 1. The van der Waals surface area contributed by atoms with Crippen molar-refractivity contribution in [2.45, 2.75) is 26.3 Å². The standard InChI is InChI=1S/C14H19N3/c1-14(2,3)15-13-10-12(17(4)16-13)11-8-6-5-7-9-11/h5-10H,1-4H3,(H,15,16). The summed E-state index contributed by atoms with van der Waals surface area (Å²) >= 11 is 0. The summed E-state index contributed by atoms with van der Waals surface area (Å²) in [5, 5.41) is 7.86. The van der Waals surface area contributed by atoms with Gasteiger partial charge in [-0.15, -0.1) is 0 Å². The second kappa shape index (κ2) is 4.24. The second-order valence-corrected chi connectivity index (χ2v) is 5.28. The van der Waals surface area contributed by atoms with Crippen LogP contribution in [0, 0.1) is 0 Å². The molecule has 3 nitrogen and oxygen atoms in total. The van der Waals surface area contributed by atoms with Crippen molar-refractivity contribution in [2.24, 2.45) is 7.05 Å². The van der Waals surface area contributed by atoms with Crippen LogP contribution in [0.2, 0.25) is 0 Å². The molecule has 0 radical (unpaired) electrons. The first-order valence-electron chi connectivity index (χ1n) is 5.83. The molecular formula is C14H19N3. The van der Waals surface area contributed by atoms with Crippen molar-refractivity contribution in [1.82, 2.24) is 9.78 Å². The molecule has 1 aromatic carbocycles. The molecule has 1 N–H and O–H groups in total. The summed E-state index contributed by atoms with van der Waals surface area (Å²) in [5.74, 6) is 0.916. The van der Waals surface area contributed by atoms with Crippen LogP contribution in [-0.2, 0) is 7.05 Å². The van der Waals surface area contributed by atoms with E-state index in [0.717, 1.165) is 11.5 Å². The van der Waals surface area contributed by atoms with Crippen molar-refractivity contribution in [3.63, 3.8) is 0 Å². The van der Waals surface area contributed by atoms with Gasteiger partial charge in [-0.1, -0.05) is 30.3 Å². The first-order valence-corrected chi connectivity index (χ1v) is 5.83. The number of nitrogens with one attached hydrogen (secondary N) is 1. The molecule has 0 aliphatic rings. The summed E-state index contributed by atoms with van der Waals surface area (Å²) in [6.45, 7) is 6.39. The van der Waals surface area contributed by atoms with E-state index in [1.165, 1.54) is 5.56 Å². The Morgan fingerprint density at radius 2 is 1.76 bits per heavy atom. The Bertz CT molecular complexity index is 492. The smallest absolute Gasteiger partial charge is 0.149 e. The largest absolute Gasteiger partial charge is 0.364 e. The van der Waals surface area contributed by atoms with Crippen LogP contribution in [0.25, 0.3) is 11.3 Å². The zero-order chi connectivity index (χ0) is 12.5. The zero-order valence-electron chi connectivity index (χ0n) is 10.9. The highest BCUT2D eigenvalue weighted by Gasteiger charge is 2.13. The Morgan fingerprint density at radius 1 is 1.12 bits per heavy atom. The number of nitrogens with zero attached hydrogens (tertiary/aromatic N) is 2. The molecule has 0 bridgehead atoms. The average Bonchev–Trinajstić information content (AvgIpc) is 2.58. The Morgan fingerprint density at radius 3 is 2.35 bits per heavy atom. The summed E-state index contributed by atoms with van der Waals surface area (Å²) in [6, 6.07) is 12.4. The van der Waals surface area contributed by atoms with Crippen LogP contribution in [0.1, 0.15) is 20.8 Å². The van der Waals surface area contributed by atoms with Crippen LogP contribution in [0.5, 0.6) is 0 Å². The molecular weight excluding hydrogens is 210 g/mol. The number of hydrogen-bond acceptors (Lipinski definition) is 2. The van der Waals surface area contributed by atoms with Crippen LogP contribution in [-0.4, -0.2) is 15.3 Å². The molecule has 1 heterocycles. The number of benzene rings is 1. The minimum atomic E-state index is 0.0301. The molecule has 0 amide bonds. The van der Waals surface area contributed by atoms with E-state index in [1.807, 2.05) is 29.9 Å². The van der Waals surface area contributed by atoms with Crippen LogP contribution in [0.4, 0.5) is 5.82 Å². The lowest BCUT2D eigenvalue weighted by molar-refractivity contribution is 0.626. The Kier molecular flexibility index (Phi) is 2.92. The quantitative estimate of drug-likeness (QED) is 0.856. The summed E-state index contributed by atoms with van der Waals surface area (Å²) in [4.78, 5) is 0. The maximum absolute atomic E-state index is 4.48. The van der Waals surface area contributed by atoms with Crippen LogP contribution in [0.15, 0.2) is 36.4 Å². The number of anilines is 1. The van der Waals surface area contributed by atoms with Gasteiger partial charge in [-0.05, 0) is 26.3 Å². The number of aryl methyl sites for hydroxylation is 1. The summed E-state index contributed by atoms with van der Waals surface area (Å²) in [6.07, 6.45) is 0. The Hall–Kier alpha value is -1.77. The third kappa shape index (κ3) is 2.87. The Balaban J connectivity index is 2.32. The van der Waals surface area contributed by atoms with Gasteiger partial charge < -0.3 is 5.32 Å². The SMILES string of the molecule is Cn1nc(NC(C)(C)C)cc1-c1ccccc1. The normalized spacial score (nSPS) is 11.5. The predicted molar refractivity (Wildman–Crippen MR) is 72.0 cm³/mol. The number of rotatable bonds is 2. The summed E-state index contributed by atoms with van der Waals surface area (Å²) in [5.41, 5.74) is 2.34. The zero-order valence-corrected chi connectivity index (χ0v) is 10.9. The minimum absolute atomic E-state index is 0.0301. The molecule has 0 unspecified atom stereocenters. The van der Waals surface area contributed by atoms with Gasteiger partial charge in [0.25, 0.3) is 0 Å². The van der Waals surface area contributed by atoms with E-state index < -0.39 is 0 Å². The van der Waals surface area contributed by atoms with Crippen LogP contribution in [0.3, 0.4) is 0 Å². The van der Waals surface area contributed by atoms with Crippen LogP contribution >= 0.6 is 0 Å². The third-order valence-electron chi connectivity index (χ3n) is 2.45. The lowest BCUT2D eigenvalue weighted by atomic mass is 10.1. The molecule has 0 fully saturated rings. The molecule has 2 aromatic rings. The highest BCUT2D eigenvalue weighted by molar-refractivity contribution is 5.63. The fraction of sp³-hybridized carbons (Fsp3) is 0.357. The van der Waals surface area contributed by atoms with Gasteiger partial charge in [0.05, 0.1) is 5.69 Å². The predicted octanol–water partition coefficient (Wildman–Crippen LogP) is 3.30. The lowest BCUT2D eigenvalue weighted by Gasteiger charge is -2.19. The maximum Gasteiger partial charge on any atom is 0.149 e. The van der Waals surface area contributed by atoms with Gasteiger partial charge in [0.2, 0.25) is 0 Å². The molecule has 2 rings (SSSR count). The molecule has 17 heavy (non-hydrogen) atoms. The Labute approximate surface area is 102 Å². The van der Waals surface area contributed by atoms with Gasteiger partial charge in [0.1, 0.15) is 5.82 Å². The monoisotopic (exact) mass is 229 g/mol. The maximum atomic E-state index is 4.48. The molecule has 90 valence electrons. The van der Waals surface area contributed by atoms with E-state index in [2.05, 4.69) is 49.4 Å². The van der Waals surface area contributed by atoms with E-state index >= 15 is 0 Å². The first kappa shape index (κ1) is 11.7. The van der Waals surface area contributed by atoms with Gasteiger partial charge in [0.15, 0.2) is 0 Å². The van der Waals surface area contributed by atoms with E-state index in [0.29, 0.717) is 0 Å². The molecule has 0 aliphatic heterocycles. The van der Waals surface area contributed by atoms with E-state index in [-0.39, 0.29) is 5.54 Å². The van der Waals surface area contributed by atoms with Gasteiger partial charge in [-0.25, -0.2) is 0 Å². The van der Waals surface area contributed by atoms with Crippen molar-refractivity contribution < 1.29 is 0 Å². The topological polar surface area (TPSA) is 29.9 Å². The molecule has 0 saturated heterocycles. The molecule has 1 aromatic heterocycles. The fourth-order valence-corrected chi connectivity index (χ4v) is 1.79. The molecule has 3 heteroatoms. The fourth-order valence-electron chi connectivity index (χ4n) is 1.79. The van der Waals surface area contributed by atoms with E-state index in [4.69, 9.17) is 0 Å². The minimum Gasteiger partial charge on any atom is -0.364 e. The molecule has 0 spiro atoms. The van der Waals surface area contributed by atoms with E-state index in [1.54, 1.807) is 0 Å². The van der Waals surface area contributed by atoms with Crippen molar-refractivity contribution in [2.75, 3.05) is 5.32 Å². The van der Waals surface area contributed by atoms with E-state index in [9.17, 15) is 0 Å². The van der Waals surface area contributed by atoms with Gasteiger partial charge >= 0.3 is 0 Å². The van der Waals surface area contributed by atoms with Gasteiger partial charge in [0, 0.05) is 18.7 Å². The average molecular weight is 229 g/mol. The van der Waals surface area contributed by atoms with Gasteiger partial charge in [-0.3, -0.25) is 4.68 Å². The second-order valence-electron chi connectivity index (χ2n) is 5.28. The lowest BCUT2D eigenvalue weighted by Crippen LogP contribution is -2.26. The highest BCUT2D eigenvalue weighted by atomic mass is 15.3.